The van der Waals surface area contributed by atoms with Gasteiger partial charge >= 0.3 is 0 Å². The van der Waals surface area contributed by atoms with Gasteiger partial charge in [0.1, 0.15) is 11.4 Å². The molecule has 1 saturated carbocycles. The fraction of sp³-hybridized carbons (Fsp3) is 0.615. The van der Waals surface area contributed by atoms with E-state index in [9.17, 15) is 4.79 Å². The van der Waals surface area contributed by atoms with Gasteiger partial charge in [-0.05, 0) is 80.2 Å². The van der Waals surface area contributed by atoms with Gasteiger partial charge < -0.3 is 14.5 Å². The van der Waals surface area contributed by atoms with Crippen molar-refractivity contribution < 1.29 is 9.53 Å². The number of benzene rings is 1. The average Bonchev–Trinajstić information content (AvgIpc) is 3.36. The Balaban J connectivity index is 1.29. The Morgan fingerprint density at radius 1 is 1.22 bits per heavy atom. The van der Waals surface area contributed by atoms with Gasteiger partial charge in [0.2, 0.25) is 0 Å². The van der Waals surface area contributed by atoms with Crippen molar-refractivity contribution in [2.24, 2.45) is 11.8 Å². The second-order valence-corrected chi connectivity index (χ2v) is 10.7. The third-order valence-electron chi connectivity index (χ3n) is 9.16. The van der Waals surface area contributed by atoms with E-state index in [1.165, 1.54) is 35.2 Å². The normalized spacial score (nSPS) is 31.5. The Hall–Kier alpha value is -2.34. The van der Waals surface area contributed by atoms with Crippen LogP contribution in [0.25, 0.3) is 0 Å². The number of ether oxygens (including phenoxy) is 1. The molecule has 170 valence electrons. The first-order chi connectivity index (χ1) is 15.5. The Morgan fingerprint density at radius 3 is 2.81 bits per heavy atom. The van der Waals surface area contributed by atoms with Crippen LogP contribution in [0.1, 0.15) is 65.0 Å². The molecule has 32 heavy (non-hydrogen) atoms. The molecule has 3 unspecified atom stereocenters. The number of amides is 1. The van der Waals surface area contributed by atoms with Crippen molar-refractivity contribution in [1.82, 2.24) is 20.0 Å². The number of likely N-dealkylation sites (N-methyl/N-ethyl adjacent to an activating group) is 1. The predicted molar refractivity (Wildman–Crippen MR) is 123 cm³/mol. The molecule has 1 aliphatic heterocycles. The maximum Gasteiger partial charge on any atom is 0.272 e. The number of aromatic nitrogens is 2. The van der Waals surface area contributed by atoms with Crippen molar-refractivity contribution in [1.29, 1.82) is 0 Å². The number of aromatic amines is 1. The lowest BCUT2D eigenvalue weighted by molar-refractivity contribution is 0.0655. The van der Waals surface area contributed by atoms with Crippen LogP contribution in [0.4, 0.5) is 0 Å². The average molecular weight is 435 g/mol. The highest BCUT2D eigenvalue weighted by Crippen LogP contribution is 2.60. The summed E-state index contributed by atoms with van der Waals surface area (Å²) in [7, 11) is 3.87. The molecule has 6 rings (SSSR count). The molecule has 4 aliphatic rings. The van der Waals surface area contributed by atoms with Crippen LogP contribution in [-0.2, 0) is 18.3 Å². The summed E-state index contributed by atoms with van der Waals surface area (Å²) in [6.45, 7) is 5.89. The number of methoxy groups -OCH3 is 1. The third kappa shape index (κ3) is 2.88. The Labute approximate surface area is 190 Å². The number of piperazine rings is 1. The summed E-state index contributed by atoms with van der Waals surface area (Å²) in [6.07, 6.45) is 5.68. The molecular formula is C26H34N4O2. The van der Waals surface area contributed by atoms with Crippen LogP contribution >= 0.6 is 0 Å². The Morgan fingerprint density at radius 2 is 2.03 bits per heavy atom. The first-order valence-corrected chi connectivity index (χ1v) is 12.2. The fourth-order valence-electron chi connectivity index (χ4n) is 7.28. The number of hydrogen-bond donors (Lipinski definition) is 1. The van der Waals surface area contributed by atoms with Crippen molar-refractivity contribution in [3.63, 3.8) is 0 Å². The van der Waals surface area contributed by atoms with E-state index in [0.29, 0.717) is 17.8 Å². The molecule has 2 fully saturated rings. The zero-order valence-corrected chi connectivity index (χ0v) is 19.5. The van der Waals surface area contributed by atoms with Crippen molar-refractivity contribution in [2.75, 3.05) is 40.3 Å². The summed E-state index contributed by atoms with van der Waals surface area (Å²) in [6, 6.07) is 6.68. The zero-order valence-electron chi connectivity index (χ0n) is 19.5. The van der Waals surface area contributed by atoms with E-state index in [1.807, 2.05) is 4.90 Å². The van der Waals surface area contributed by atoms with Gasteiger partial charge in [-0.25, -0.2) is 0 Å². The van der Waals surface area contributed by atoms with Gasteiger partial charge in [0.05, 0.1) is 12.8 Å². The highest BCUT2D eigenvalue weighted by molar-refractivity contribution is 5.94. The van der Waals surface area contributed by atoms with E-state index >= 15 is 0 Å². The molecule has 0 bridgehead atoms. The van der Waals surface area contributed by atoms with E-state index in [2.05, 4.69) is 42.2 Å². The van der Waals surface area contributed by atoms with Crippen LogP contribution < -0.4 is 4.74 Å². The van der Waals surface area contributed by atoms with Crippen molar-refractivity contribution in [2.45, 2.75) is 50.4 Å². The molecule has 2 heterocycles. The summed E-state index contributed by atoms with van der Waals surface area (Å²) in [4.78, 5) is 17.7. The Kier molecular flexibility index (Phi) is 4.65. The number of H-pyrrole nitrogens is 1. The van der Waals surface area contributed by atoms with Crippen molar-refractivity contribution in [3.05, 3.63) is 46.3 Å². The lowest BCUT2D eigenvalue weighted by atomic mass is 9.55. The van der Waals surface area contributed by atoms with E-state index in [0.717, 1.165) is 56.9 Å². The number of carbonyl (C=O) groups excluding carboxylic acids is 1. The summed E-state index contributed by atoms with van der Waals surface area (Å²) >= 11 is 0. The molecule has 1 aromatic heterocycles. The molecule has 1 amide bonds. The molecule has 0 radical (unpaired) electrons. The fourth-order valence-corrected chi connectivity index (χ4v) is 7.28. The maximum atomic E-state index is 13.4. The topological polar surface area (TPSA) is 61.5 Å². The molecule has 6 heteroatoms. The maximum absolute atomic E-state index is 13.4. The highest BCUT2D eigenvalue weighted by Gasteiger charge is 2.55. The molecule has 0 spiro atoms. The second-order valence-electron chi connectivity index (χ2n) is 10.7. The Bertz CT molecular complexity index is 1050. The molecule has 4 atom stereocenters. The standard InChI is InChI=1S/C26H34N4O2/c1-26-9-8-19-18-7-5-17(32-3)14-16(18)4-6-20(19)22(26)15-21-23(27-28-24(21)26)25(31)30-12-10-29(2)11-13-30/h5,7,14,19-20,22H,4,6,8-13,15H2,1-3H3,(H,27,28)/t19?,20?,22?,26-/m0/s1. The second kappa shape index (κ2) is 7.34. The smallest absolute Gasteiger partial charge is 0.272 e. The van der Waals surface area contributed by atoms with Crippen LogP contribution in [0.5, 0.6) is 5.75 Å². The minimum Gasteiger partial charge on any atom is -0.497 e. The summed E-state index contributed by atoms with van der Waals surface area (Å²) in [5.74, 6) is 2.97. The summed E-state index contributed by atoms with van der Waals surface area (Å²) < 4.78 is 5.47. The van der Waals surface area contributed by atoms with Gasteiger partial charge in [0, 0.05) is 37.2 Å². The van der Waals surface area contributed by atoms with Gasteiger partial charge in [-0.3, -0.25) is 9.89 Å². The third-order valence-corrected chi connectivity index (χ3v) is 9.16. The number of carbonyl (C=O) groups is 1. The van der Waals surface area contributed by atoms with Crippen LogP contribution in [0.15, 0.2) is 18.2 Å². The quantitative estimate of drug-likeness (QED) is 0.787. The van der Waals surface area contributed by atoms with Gasteiger partial charge in [0.25, 0.3) is 5.91 Å². The molecule has 2 aromatic rings. The first kappa shape index (κ1) is 20.3. The van der Waals surface area contributed by atoms with Gasteiger partial charge in [-0.1, -0.05) is 13.0 Å². The highest BCUT2D eigenvalue weighted by atomic mass is 16.5. The lowest BCUT2D eigenvalue weighted by Crippen LogP contribution is -2.47. The monoisotopic (exact) mass is 434 g/mol. The van der Waals surface area contributed by atoms with Crippen LogP contribution in [0.3, 0.4) is 0 Å². The molecule has 1 aromatic carbocycles. The number of nitrogens with one attached hydrogen (secondary N) is 1. The number of rotatable bonds is 2. The largest absolute Gasteiger partial charge is 0.497 e. The number of fused-ring (bicyclic) bond motifs is 7. The van der Waals surface area contributed by atoms with Gasteiger partial charge in [0.15, 0.2) is 0 Å². The minimum atomic E-state index is 0.0810. The van der Waals surface area contributed by atoms with Crippen LogP contribution in [0, 0.1) is 11.8 Å². The number of hydrogen-bond acceptors (Lipinski definition) is 4. The molecule has 1 N–H and O–H groups in total. The summed E-state index contributed by atoms with van der Waals surface area (Å²) in [5, 5.41) is 7.96. The van der Waals surface area contributed by atoms with Crippen molar-refractivity contribution in [3.8, 4) is 5.75 Å². The van der Waals surface area contributed by atoms with E-state index in [1.54, 1.807) is 7.11 Å². The first-order valence-electron chi connectivity index (χ1n) is 12.2. The van der Waals surface area contributed by atoms with Gasteiger partial charge in [-0.15, -0.1) is 0 Å². The number of nitrogens with zero attached hydrogens (tertiary/aromatic N) is 3. The van der Waals surface area contributed by atoms with E-state index in [-0.39, 0.29) is 11.3 Å². The summed E-state index contributed by atoms with van der Waals surface area (Å²) in [5.41, 5.74) is 6.23. The molecule has 3 aliphatic carbocycles. The zero-order chi connectivity index (χ0) is 22.0. The minimum absolute atomic E-state index is 0.0810. The van der Waals surface area contributed by atoms with Crippen LogP contribution in [0.2, 0.25) is 0 Å². The molecule has 1 saturated heterocycles. The van der Waals surface area contributed by atoms with Crippen molar-refractivity contribution >= 4 is 5.91 Å². The molecular weight excluding hydrogens is 400 g/mol. The van der Waals surface area contributed by atoms with E-state index < -0.39 is 0 Å². The van der Waals surface area contributed by atoms with Crippen LogP contribution in [-0.4, -0.2) is 66.2 Å². The van der Waals surface area contributed by atoms with E-state index in [4.69, 9.17) is 9.84 Å². The van der Waals surface area contributed by atoms with Gasteiger partial charge in [-0.2, -0.15) is 5.10 Å². The number of aryl methyl sites for hydroxylation is 1. The molecule has 6 nitrogen and oxygen atoms in total. The SMILES string of the molecule is COc1ccc2c(c1)CCC1C2CC[C@]2(C)c3n[nH]c(C(=O)N4CCN(C)CC4)c3CC12. The lowest BCUT2D eigenvalue weighted by Gasteiger charge is -2.49. The predicted octanol–water partition coefficient (Wildman–Crippen LogP) is 3.38.